The van der Waals surface area contributed by atoms with Crippen LogP contribution in [0.15, 0.2) is 18.2 Å². The van der Waals surface area contributed by atoms with Crippen LogP contribution in [0.3, 0.4) is 0 Å². The van der Waals surface area contributed by atoms with Crippen molar-refractivity contribution >= 4 is 11.4 Å². The minimum absolute atomic E-state index is 0.252. The monoisotopic (exact) mass is 239 g/mol. The van der Waals surface area contributed by atoms with Gasteiger partial charge in [-0.3, -0.25) is 10.1 Å². The normalized spacial score (nSPS) is 19.2. The molecular weight excluding hydrogens is 225 g/mol. The van der Waals surface area contributed by atoms with Crippen LogP contribution >= 0.6 is 0 Å². The van der Waals surface area contributed by atoms with Gasteiger partial charge in [0.2, 0.25) is 5.82 Å². The average molecular weight is 239 g/mol. The molecule has 1 aromatic rings. The minimum Gasteiger partial charge on any atom is -0.379 e. The van der Waals surface area contributed by atoms with Crippen LogP contribution in [0, 0.1) is 21.8 Å². The van der Waals surface area contributed by atoms with Crippen molar-refractivity contribution in [1.29, 1.82) is 0 Å². The lowest BCUT2D eigenvalue weighted by Crippen LogP contribution is -2.17. The summed E-state index contributed by atoms with van der Waals surface area (Å²) in [5, 5.41) is 16.9. The molecule has 6 heteroatoms. The zero-order valence-electron chi connectivity index (χ0n) is 9.28. The summed E-state index contributed by atoms with van der Waals surface area (Å²) < 4.78 is 13.3. The second-order valence-corrected chi connectivity index (χ2v) is 4.13. The van der Waals surface area contributed by atoms with E-state index in [1.54, 1.807) is 0 Å². The Bertz CT molecular complexity index is 419. The largest absolute Gasteiger partial charge is 0.379 e. The highest BCUT2D eigenvalue weighted by atomic mass is 19.1. The summed E-state index contributed by atoms with van der Waals surface area (Å²) in [6.07, 6.45) is 1.04. The summed E-state index contributed by atoms with van der Waals surface area (Å²) in [4.78, 5) is 10.1. The molecule has 1 saturated heterocycles. The Morgan fingerprint density at radius 2 is 2.41 bits per heavy atom. The summed E-state index contributed by atoms with van der Waals surface area (Å²) in [6, 6.07) is 4.10. The Morgan fingerprint density at radius 1 is 1.59 bits per heavy atom. The van der Waals surface area contributed by atoms with Crippen molar-refractivity contribution in [3.8, 4) is 0 Å². The third-order valence-corrected chi connectivity index (χ3v) is 2.91. The predicted octanol–water partition coefficient (Wildman–Crippen LogP) is 1.76. The zero-order chi connectivity index (χ0) is 12.3. The van der Waals surface area contributed by atoms with E-state index >= 15 is 0 Å². The van der Waals surface area contributed by atoms with Crippen molar-refractivity contribution in [3.63, 3.8) is 0 Å². The Balaban J connectivity index is 2.09. The van der Waals surface area contributed by atoms with E-state index in [-0.39, 0.29) is 5.69 Å². The summed E-state index contributed by atoms with van der Waals surface area (Å²) in [6.45, 7) is 2.49. The van der Waals surface area contributed by atoms with E-state index in [9.17, 15) is 14.5 Å². The quantitative estimate of drug-likeness (QED) is 0.620. The first kappa shape index (κ1) is 11.8. The molecule has 1 atom stereocenters. The number of para-hydroxylation sites is 1. The lowest BCUT2D eigenvalue weighted by atomic mass is 10.1. The zero-order valence-corrected chi connectivity index (χ0v) is 9.28. The maximum atomic E-state index is 13.3. The molecule has 92 valence electrons. The Kier molecular flexibility index (Phi) is 3.53. The first-order chi connectivity index (χ1) is 8.18. The van der Waals surface area contributed by atoms with Crippen LogP contribution in [0.25, 0.3) is 0 Å². The van der Waals surface area contributed by atoms with Crippen molar-refractivity contribution in [2.75, 3.05) is 25.0 Å². The van der Waals surface area contributed by atoms with Gasteiger partial charge in [-0.2, -0.15) is 4.39 Å². The van der Waals surface area contributed by atoms with Gasteiger partial charge in [-0.25, -0.2) is 0 Å². The van der Waals surface area contributed by atoms with Crippen LogP contribution in [0.4, 0.5) is 15.8 Å². The van der Waals surface area contributed by atoms with Gasteiger partial charge in [0.15, 0.2) is 0 Å². The van der Waals surface area contributed by atoms with E-state index in [1.807, 2.05) is 0 Å². The topological polar surface area (TPSA) is 67.2 Å². The number of nitrogens with one attached hydrogen (secondary N) is 2. The van der Waals surface area contributed by atoms with Crippen molar-refractivity contribution < 1.29 is 9.31 Å². The van der Waals surface area contributed by atoms with Crippen LogP contribution < -0.4 is 10.6 Å². The molecule has 1 aromatic carbocycles. The van der Waals surface area contributed by atoms with Crippen LogP contribution in [-0.2, 0) is 0 Å². The Hall–Kier alpha value is -1.69. The van der Waals surface area contributed by atoms with E-state index < -0.39 is 16.4 Å². The van der Waals surface area contributed by atoms with E-state index in [0.717, 1.165) is 25.6 Å². The number of anilines is 1. The van der Waals surface area contributed by atoms with Gasteiger partial charge in [-0.1, -0.05) is 6.07 Å². The van der Waals surface area contributed by atoms with E-state index in [0.29, 0.717) is 12.5 Å². The summed E-state index contributed by atoms with van der Waals surface area (Å²) in [5.74, 6) is -0.359. The van der Waals surface area contributed by atoms with Gasteiger partial charge in [0.25, 0.3) is 0 Å². The molecule has 2 N–H and O–H groups in total. The van der Waals surface area contributed by atoms with Crippen LogP contribution in [0.5, 0.6) is 0 Å². The predicted molar refractivity (Wildman–Crippen MR) is 62.5 cm³/mol. The summed E-state index contributed by atoms with van der Waals surface area (Å²) in [5.41, 5.74) is -0.222. The maximum absolute atomic E-state index is 13.3. The molecule has 0 spiro atoms. The molecule has 0 amide bonds. The number of hydrogen-bond donors (Lipinski definition) is 2. The molecule has 1 fully saturated rings. The molecule has 0 bridgehead atoms. The van der Waals surface area contributed by atoms with E-state index in [4.69, 9.17) is 0 Å². The molecule has 0 saturated carbocycles. The van der Waals surface area contributed by atoms with Gasteiger partial charge in [-0.05, 0) is 37.6 Å². The molecule has 2 rings (SSSR count). The number of nitro benzene ring substituents is 1. The van der Waals surface area contributed by atoms with Gasteiger partial charge in [0.05, 0.1) is 4.92 Å². The highest BCUT2D eigenvalue weighted by Crippen LogP contribution is 2.27. The van der Waals surface area contributed by atoms with Gasteiger partial charge in [-0.15, -0.1) is 0 Å². The lowest BCUT2D eigenvalue weighted by Gasteiger charge is -2.11. The molecule has 5 nitrogen and oxygen atoms in total. The van der Waals surface area contributed by atoms with E-state index in [2.05, 4.69) is 10.6 Å². The molecule has 17 heavy (non-hydrogen) atoms. The van der Waals surface area contributed by atoms with Crippen molar-refractivity contribution in [2.24, 2.45) is 5.92 Å². The van der Waals surface area contributed by atoms with Crippen molar-refractivity contribution in [3.05, 3.63) is 34.1 Å². The molecule has 1 unspecified atom stereocenters. The third-order valence-electron chi connectivity index (χ3n) is 2.91. The molecule has 0 radical (unpaired) electrons. The van der Waals surface area contributed by atoms with Crippen molar-refractivity contribution in [1.82, 2.24) is 5.32 Å². The number of benzene rings is 1. The second kappa shape index (κ2) is 5.09. The first-order valence-electron chi connectivity index (χ1n) is 5.56. The molecule has 0 aromatic heterocycles. The molecular formula is C11H14FN3O2. The fraction of sp³-hybridized carbons (Fsp3) is 0.455. The number of nitrogens with zero attached hydrogens (tertiary/aromatic N) is 1. The van der Waals surface area contributed by atoms with Gasteiger partial charge < -0.3 is 10.6 Å². The second-order valence-electron chi connectivity index (χ2n) is 4.13. The average Bonchev–Trinajstić information content (AvgIpc) is 2.78. The molecule has 1 aliphatic heterocycles. The van der Waals surface area contributed by atoms with Gasteiger partial charge >= 0.3 is 5.69 Å². The summed E-state index contributed by atoms with van der Waals surface area (Å²) >= 11 is 0. The Labute approximate surface area is 98.2 Å². The Morgan fingerprint density at radius 3 is 3.06 bits per heavy atom. The first-order valence-corrected chi connectivity index (χ1v) is 5.56. The SMILES string of the molecule is O=[N+]([O-])c1c(F)cccc1NCC1CCNC1. The minimum atomic E-state index is -0.801. The standard InChI is InChI=1S/C11H14FN3O2/c12-9-2-1-3-10(11(9)15(16)17)14-7-8-4-5-13-6-8/h1-3,8,13-14H,4-7H2. The number of halogens is 1. The van der Waals surface area contributed by atoms with Crippen LogP contribution in [-0.4, -0.2) is 24.6 Å². The lowest BCUT2D eigenvalue weighted by molar-refractivity contribution is -0.386. The maximum Gasteiger partial charge on any atom is 0.327 e. The fourth-order valence-electron chi connectivity index (χ4n) is 1.99. The van der Waals surface area contributed by atoms with Crippen molar-refractivity contribution in [2.45, 2.75) is 6.42 Å². The molecule has 1 aliphatic rings. The number of hydrogen-bond acceptors (Lipinski definition) is 4. The van der Waals surface area contributed by atoms with Gasteiger partial charge in [0.1, 0.15) is 5.69 Å². The molecule has 1 heterocycles. The fourth-order valence-corrected chi connectivity index (χ4v) is 1.99. The van der Waals surface area contributed by atoms with Crippen LogP contribution in [0.1, 0.15) is 6.42 Å². The third kappa shape index (κ3) is 2.71. The van der Waals surface area contributed by atoms with Crippen LogP contribution in [0.2, 0.25) is 0 Å². The van der Waals surface area contributed by atoms with E-state index in [1.165, 1.54) is 12.1 Å². The van der Waals surface area contributed by atoms with Gasteiger partial charge in [0, 0.05) is 6.54 Å². The summed E-state index contributed by atoms with van der Waals surface area (Å²) in [7, 11) is 0. The highest BCUT2D eigenvalue weighted by molar-refractivity contribution is 5.61. The molecule has 0 aliphatic carbocycles. The number of nitro groups is 1. The highest BCUT2D eigenvalue weighted by Gasteiger charge is 2.21. The smallest absolute Gasteiger partial charge is 0.327 e. The number of rotatable bonds is 4.